The van der Waals surface area contributed by atoms with E-state index in [9.17, 15) is 4.79 Å². The molecule has 2 aromatic rings. The molecule has 1 fully saturated rings. The van der Waals surface area contributed by atoms with Crippen molar-refractivity contribution in [1.29, 1.82) is 0 Å². The topological polar surface area (TPSA) is 74.2 Å². The molecule has 1 aliphatic carbocycles. The molecule has 1 atom stereocenters. The molecule has 0 bridgehead atoms. The number of aromatic nitrogens is 1. The van der Waals surface area contributed by atoms with E-state index < -0.39 is 5.97 Å². The number of rotatable bonds is 6. The first-order valence-corrected chi connectivity index (χ1v) is 7.78. The average Bonchev–Trinajstić information content (AvgIpc) is 3.36. The summed E-state index contributed by atoms with van der Waals surface area (Å²) < 4.78 is 0. The maximum Gasteiger partial charge on any atom is 0.335 e. The van der Waals surface area contributed by atoms with Crippen molar-refractivity contribution in [2.24, 2.45) is 0 Å². The van der Waals surface area contributed by atoms with Gasteiger partial charge in [-0.3, -0.25) is 4.98 Å². The first-order valence-electron chi connectivity index (χ1n) is 7.78. The summed E-state index contributed by atoms with van der Waals surface area (Å²) in [5, 5.41) is 16.0. The lowest BCUT2D eigenvalue weighted by atomic mass is 10.0. The first-order chi connectivity index (χ1) is 11.0. The molecule has 0 spiro atoms. The van der Waals surface area contributed by atoms with Gasteiger partial charge in [0.1, 0.15) is 0 Å². The average molecular weight is 384 g/mol. The van der Waals surface area contributed by atoms with E-state index in [4.69, 9.17) is 5.11 Å². The molecule has 1 saturated carbocycles. The highest BCUT2D eigenvalue weighted by Gasteiger charge is 2.46. The van der Waals surface area contributed by atoms with Crippen LogP contribution in [0.3, 0.4) is 0 Å². The Morgan fingerprint density at radius 3 is 2.52 bits per heavy atom. The van der Waals surface area contributed by atoms with Crippen LogP contribution in [0.4, 0.5) is 5.69 Å². The SMILES string of the molecule is CNC1(C(C)Nc2cncc(-c3cccc(C(=O)O)c3)c2)CC1.Cl.Cl. The van der Waals surface area contributed by atoms with Gasteiger partial charge in [0, 0.05) is 29.5 Å². The summed E-state index contributed by atoms with van der Waals surface area (Å²) >= 11 is 0. The van der Waals surface area contributed by atoms with Crippen LogP contribution in [0.2, 0.25) is 0 Å². The number of carbonyl (C=O) groups is 1. The molecule has 3 rings (SSSR count). The van der Waals surface area contributed by atoms with Gasteiger partial charge in [-0.1, -0.05) is 12.1 Å². The second kappa shape index (κ2) is 8.52. The minimum Gasteiger partial charge on any atom is -0.478 e. The number of carboxylic acid groups (broad SMARTS) is 1. The van der Waals surface area contributed by atoms with Crippen molar-refractivity contribution in [3.8, 4) is 11.1 Å². The third-order valence-corrected chi connectivity index (χ3v) is 4.68. The number of benzene rings is 1. The Bertz CT molecular complexity index is 736. The fourth-order valence-corrected chi connectivity index (χ4v) is 2.93. The molecule has 1 aliphatic rings. The number of aromatic carboxylic acids is 1. The molecule has 1 aromatic heterocycles. The van der Waals surface area contributed by atoms with E-state index in [0.717, 1.165) is 16.8 Å². The Hall–Kier alpha value is -1.82. The van der Waals surface area contributed by atoms with Crippen LogP contribution in [0, 0.1) is 0 Å². The van der Waals surface area contributed by atoms with Crippen molar-refractivity contribution in [3.63, 3.8) is 0 Å². The Kier molecular flexibility index (Phi) is 7.23. The van der Waals surface area contributed by atoms with E-state index >= 15 is 0 Å². The minimum absolute atomic E-state index is 0. The van der Waals surface area contributed by atoms with Gasteiger partial charge < -0.3 is 15.7 Å². The number of likely N-dealkylation sites (N-methyl/N-ethyl adjacent to an activating group) is 1. The largest absolute Gasteiger partial charge is 0.478 e. The standard InChI is InChI=1S/C18H21N3O2.2ClH/c1-12(18(19-2)6-7-18)21-16-9-15(10-20-11-16)13-4-3-5-14(8-13)17(22)23;;/h3-5,8-12,19,21H,6-7H2,1-2H3,(H,22,23);2*1H. The van der Waals surface area contributed by atoms with Gasteiger partial charge in [-0.2, -0.15) is 0 Å². The second-order valence-electron chi connectivity index (χ2n) is 6.12. The number of nitrogens with zero attached hydrogens (tertiary/aromatic N) is 1. The third-order valence-electron chi connectivity index (χ3n) is 4.68. The number of hydrogen-bond donors (Lipinski definition) is 3. The molecule has 0 aliphatic heterocycles. The highest BCUT2D eigenvalue weighted by molar-refractivity contribution is 5.89. The Morgan fingerprint density at radius 2 is 1.92 bits per heavy atom. The molecule has 0 saturated heterocycles. The van der Waals surface area contributed by atoms with Crippen LogP contribution >= 0.6 is 24.8 Å². The number of anilines is 1. The van der Waals surface area contributed by atoms with Crippen LogP contribution < -0.4 is 10.6 Å². The molecule has 1 unspecified atom stereocenters. The van der Waals surface area contributed by atoms with Crippen LogP contribution in [0.25, 0.3) is 11.1 Å². The lowest BCUT2D eigenvalue weighted by Gasteiger charge is -2.25. The Labute approximate surface area is 160 Å². The van der Waals surface area contributed by atoms with Crippen molar-refractivity contribution in [2.45, 2.75) is 31.3 Å². The maximum absolute atomic E-state index is 11.1. The molecule has 1 aromatic carbocycles. The third kappa shape index (κ3) is 4.63. The normalized spacial score (nSPS) is 15.3. The van der Waals surface area contributed by atoms with E-state index in [1.54, 1.807) is 30.6 Å². The predicted octanol–water partition coefficient (Wildman–Crippen LogP) is 3.84. The zero-order valence-corrected chi connectivity index (χ0v) is 15.8. The summed E-state index contributed by atoms with van der Waals surface area (Å²) in [6, 6.07) is 9.22. The van der Waals surface area contributed by atoms with Gasteiger partial charge in [-0.05, 0) is 50.6 Å². The maximum atomic E-state index is 11.1. The lowest BCUT2D eigenvalue weighted by Crippen LogP contribution is -2.42. The summed E-state index contributed by atoms with van der Waals surface area (Å²) in [5.41, 5.74) is 3.15. The fraction of sp³-hybridized carbons (Fsp3) is 0.333. The second-order valence-corrected chi connectivity index (χ2v) is 6.12. The molecular formula is C18H23Cl2N3O2. The van der Waals surface area contributed by atoms with Gasteiger partial charge in [-0.15, -0.1) is 24.8 Å². The highest BCUT2D eigenvalue weighted by atomic mass is 35.5. The molecule has 3 N–H and O–H groups in total. The van der Waals surface area contributed by atoms with Crippen molar-refractivity contribution in [1.82, 2.24) is 10.3 Å². The van der Waals surface area contributed by atoms with Crippen LogP contribution in [-0.4, -0.2) is 34.7 Å². The van der Waals surface area contributed by atoms with Crippen LogP contribution in [0.15, 0.2) is 42.7 Å². The molecule has 25 heavy (non-hydrogen) atoms. The van der Waals surface area contributed by atoms with Crippen LogP contribution in [-0.2, 0) is 0 Å². The quantitative estimate of drug-likeness (QED) is 0.706. The molecule has 0 radical (unpaired) electrons. The zero-order chi connectivity index (χ0) is 16.4. The van der Waals surface area contributed by atoms with Crippen molar-refractivity contribution < 1.29 is 9.90 Å². The number of hydrogen-bond acceptors (Lipinski definition) is 4. The van der Waals surface area contributed by atoms with Gasteiger partial charge in [0.15, 0.2) is 0 Å². The van der Waals surface area contributed by atoms with E-state index in [1.807, 2.05) is 19.2 Å². The predicted molar refractivity (Wildman–Crippen MR) is 105 cm³/mol. The summed E-state index contributed by atoms with van der Waals surface area (Å²) in [4.78, 5) is 15.4. The lowest BCUT2D eigenvalue weighted by molar-refractivity contribution is 0.0697. The van der Waals surface area contributed by atoms with E-state index in [-0.39, 0.29) is 35.9 Å². The first kappa shape index (κ1) is 21.2. The summed E-state index contributed by atoms with van der Waals surface area (Å²) in [6.07, 6.45) is 5.89. The minimum atomic E-state index is -0.924. The molecular weight excluding hydrogens is 361 g/mol. The van der Waals surface area contributed by atoms with Gasteiger partial charge in [-0.25, -0.2) is 4.79 Å². The van der Waals surface area contributed by atoms with Crippen LogP contribution in [0.1, 0.15) is 30.1 Å². The summed E-state index contributed by atoms with van der Waals surface area (Å²) in [6.45, 7) is 2.17. The Morgan fingerprint density at radius 1 is 1.20 bits per heavy atom. The van der Waals surface area contributed by atoms with E-state index in [2.05, 4.69) is 22.5 Å². The van der Waals surface area contributed by atoms with E-state index in [1.165, 1.54) is 12.8 Å². The van der Waals surface area contributed by atoms with Crippen molar-refractivity contribution in [3.05, 3.63) is 48.3 Å². The molecule has 0 amide bonds. The number of pyridine rings is 1. The summed E-state index contributed by atoms with van der Waals surface area (Å²) in [7, 11) is 2.00. The van der Waals surface area contributed by atoms with Gasteiger partial charge in [0.2, 0.25) is 0 Å². The zero-order valence-electron chi connectivity index (χ0n) is 14.2. The summed E-state index contributed by atoms with van der Waals surface area (Å²) in [5.74, 6) is -0.924. The molecule has 136 valence electrons. The molecule has 1 heterocycles. The van der Waals surface area contributed by atoms with Crippen LogP contribution in [0.5, 0.6) is 0 Å². The molecule has 7 heteroatoms. The van der Waals surface area contributed by atoms with E-state index in [0.29, 0.717) is 6.04 Å². The Balaban J connectivity index is 0.00000156. The van der Waals surface area contributed by atoms with Gasteiger partial charge >= 0.3 is 5.97 Å². The van der Waals surface area contributed by atoms with Gasteiger partial charge in [0.05, 0.1) is 11.3 Å². The van der Waals surface area contributed by atoms with Crippen molar-refractivity contribution >= 4 is 36.5 Å². The monoisotopic (exact) mass is 383 g/mol. The number of nitrogens with one attached hydrogen (secondary N) is 2. The number of carboxylic acids is 1. The smallest absolute Gasteiger partial charge is 0.335 e. The van der Waals surface area contributed by atoms with Gasteiger partial charge in [0.25, 0.3) is 0 Å². The number of halogens is 2. The molecule has 5 nitrogen and oxygen atoms in total. The fourth-order valence-electron chi connectivity index (χ4n) is 2.93. The van der Waals surface area contributed by atoms with Crippen molar-refractivity contribution in [2.75, 3.05) is 12.4 Å². The highest BCUT2D eigenvalue weighted by Crippen LogP contribution is 2.39.